The molecule has 4 nitrogen and oxygen atoms in total. The molecule has 5 heteroatoms. The van der Waals surface area contributed by atoms with Crippen LogP contribution >= 0.6 is 15.9 Å². The Morgan fingerprint density at radius 1 is 1.22 bits per heavy atom. The van der Waals surface area contributed by atoms with Gasteiger partial charge in [0, 0.05) is 6.07 Å². The Morgan fingerprint density at radius 3 is 2.72 bits per heavy atom. The number of nitrogen functional groups attached to an aromatic ring is 1. The summed E-state index contributed by atoms with van der Waals surface area (Å²) in [6.07, 6.45) is 0. The largest absolute Gasteiger partial charge is 0.476 e. The van der Waals surface area contributed by atoms with E-state index in [1.807, 2.05) is 31.2 Å². The van der Waals surface area contributed by atoms with Crippen LogP contribution in [0.4, 0.5) is 5.69 Å². The molecule has 18 heavy (non-hydrogen) atoms. The smallest absolute Gasteiger partial charge is 0.240 e. The SMILES string of the molecule is CCOc1nc(Oc2ccccc2Br)ccc1N. The van der Waals surface area contributed by atoms with Crippen molar-refractivity contribution in [2.75, 3.05) is 12.3 Å². The zero-order chi connectivity index (χ0) is 13.0. The number of hydrogen-bond acceptors (Lipinski definition) is 4. The van der Waals surface area contributed by atoms with Gasteiger partial charge in [0.15, 0.2) is 0 Å². The van der Waals surface area contributed by atoms with E-state index in [0.29, 0.717) is 29.8 Å². The minimum atomic E-state index is 0.391. The molecule has 0 atom stereocenters. The summed E-state index contributed by atoms with van der Waals surface area (Å²) in [6.45, 7) is 2.39. The lowest BCUT2D eigenvalue weighted by Crippen LogP contribution is -2.00. The number of benzene rings is 1. The van der Waals surface area contributed by atoms with E-state index in [2.05, 4.69) is 20.9 Å². The van der Waals surface area contributed by atoms with E-state index in [9.17, 15) is 0 Å². The number of nitrogens with zero attached hydrogens (tertiary/aromatic N) is 1. The summed E-state index contributed by atoms with van der Waals surface area (Å²) in [5.41, 5.74) is 6.24. The van der Waals surface area contributed by atoms with Crippen molar-refractivity contribution in [3.63, 3.8) is 0 Å². The van der Waals surface area contributed by atoms with Gasteiger partial charge in [-0.1, -0.05) is 12.1 Å². The van der Waals surface area contributed by atoms with Crippen LogP contribution in [0.25, 0.3) is 0 Å². The fraction of sp³-hybridized carbons (Fsp3) is 0.154. The summed E-state index contributed by atoms with van der Waals surface area (Å²) in [4.78, 5) is 4.21. The van der Waals surface area contributed by atoms with Gasteiger partial charge in [-0.2, -0.15) is 4.98 Å². The molecule has 0 bridgehead atoms. The fourth-order valence-electron chi connectivity index (χ4n) is 1.38. The van der Waals surface area contributed by atoms with Crippen LogP contribution in [-0.2, 0) is 0 Å². The molecule has 1 aromatic heterocycles. The summed E-state index contributed by atoms with van der Waals surface area (Å²) >= 11 is 3.41. The first-order valence-electron chi connectivity index (χ1n) is 5.52. The molecule has 2 rings (SSSR count). The van der Waals surface area contributed by atoms with Gasteiger partial charge in [0.2, 0.25) is 11.8 Å². The van der Waals surface area contributed by atoms with E-state index in [1.165, 1.54) is 0 Å². The molecule has 0 unspecified atom stereocenters. The van der Waals surface area contributed by atoms with Crippen LogP contribution in [0.15, 0.2) is 40.9 Å². The standard InChI is InChI=1S/C13H13BrN2O2/c1-2-17-13-10(15)7-8-12(16-13)18-11-6-4-3-5-9(11)14/h3-8H,2,15H2,1H3. The van der Waals surface area contributed by atoms with E-state index < -0.39 is 0 Å². The van der Waals surface area contributed by atoms with Crippen LogP contribution < -0.4 is 15.2 Å². The molecule has 0 aliphatic heterocycles. The van der Waals surface area contributed by atoms with Crippen LogP contribution in [0.1, 0.15) is 6.92 Å². The lowest BCUT2D eigenvalue weighted by atomic mass is 10.3. The van der Waals surface area contributed by atoms with Crippen molar-refractivity contribution in [2.45, 2.75) is 6.92 Å². The van der Waals surface area contributed by atoms with Gasteiger partial charge in [-0.15, -0.1) is 0 Å². The number of halogens is 1. The van der Waals surface area contributed by atoms with Crippen LogP contribution in [0, 0.1) is 0 Å². The first kappa shape index (κ1) is 12.7. The fourth-order valence-corrected chi connectivity index (χ4v) is 1.75. The molecule has 2 aromatic rings. The van der Waals surface area contributed by atoms with Crippen molar-refractivity contribution in [1.82, 2.24) is 4.98 Å². The zero-order valence-corrected chi connectivity index (χ0v) is 11.5. The van der Waals surface area contributed by atoms with Crippen molar-refractivity contribution < 1.29 is 9.47 Å². The molecule has 0 amide bonds. The molecule has 0 saturated heterocycles. The zero-order valence-electron chi connectivity index (χ0n) is 9.89. The predicted molar refractivity (Wildman–Crippen MR) is 74.0 cm³/mol. The highest BCUT2D eigenvalue weighted by atomic mass is 79.9. The van der Waals surface area contributed by atoms with Crippen molar-refractivity contribution >= 4 is 21.6 Å². The Labute approximate surface area is 114 Å². The molecule has 2 N–H and O–H groups in total. The van der Waals surface area contributed by atoms with Crippen molar-refractivity contribution in [3.8, 4) is 17.5 Å². The molecule has 94 valence electrons. The van der Waals surface area contributed by atoms with Gasteiger partial charge < -0.3 is 15.2 Å². The molecule has 0 saturated carbocycles. The monoisotopic (exact) mass is 308 g/mol. The minimum absolute atomic E-state index is 0.391. The van der Waals surface area contributed by atoms with E-state index >= 15 is 0 Å². The normalized spacial score (nSPS) is 10.1. The van der Waals surface area contributed by atoms with Gasteiger partial charge in [0.1, 0.15) is 5.75 Å². The second-order valence-electron chi connectivity index (χ2n) is 3.51. The summed E-state index contributed by atoms with van der Waals surface area (Å²) < 4.78 is 11.8. The number of hydrogen-bond donors (Lipinski definition) is 1. The number of pyridine rings is 1. The number of nitrogens with two attached hydrogens (primary N) is 1. The third-order valence-corrected chi connectivity index (χ3v) is 2.85. The average Bonchev–Trinajstić information content (AvgIpc) is 2.36. The number of ether oxygens (including phenoxy) is 2. The first-order valence-corrected chi connectivity index (χ1v) is 6.31. The van der Waals surface area contributed by atoms with Gasteiger partial charge in [-0.05, 0) is 41.1 Å². The van der Waals surface area contributed by atoms with Gasteiger partial charge in [-0.25, -0.2) is 0 Å². The van der Waals surface area contributed by atoms with Gasteiger partial charge in [-0.3, -0.25) is 0 Å². The Balaban J connectivity index is 2.24. The number of rotatable bonds is 4. The number of para-hydroxylation sites is 1. The molecule has 0 aliphatic carbocycles. The van der Waals surface area contributed by atoms with E-state index in [0.717, 1.165) is 4.47 Å². The maximum absolute atomic E-state index is 5.75. The Kier molecular flexibility index (Phi) is 4.04. The van der Waals surface area contributed by atoms with Crippen LogP contribution in [0.5, 0.6) is 17.5 Å². The molecular formula is C13H13BrN2O2. The van der Waals surface area contributed by atoms with Gasteiger partial charge >= 0.3 is 0 Å². The highest BCUT2D eigenvalue weighted by molar-refractivity contribution is 9.10. The topological polar surface area (TPSA) is 57.4 Å². The summed E-state index contributed by atoms with van der Waals surface area (Å²) in [5.74, 6) is 1.53. The second kappa shape index (κ2) is 5.73. The molecule has 0 radical (unpaired) electrons. The third kappa shape index (κ3) is 2.92. The molecule has 0 spiro atoms. The maximum Gasteiger partial charge on any atom is 0.240 e. The lowest BCUT2D eigenvalue weighted by molar-refractivity contribution is 0.323. The van der Waals surface area contributed by atoms with E-state index in [4.69, 9.17) is 15.2 Å². The molecule has 0 fully saturated rings. The Bertz CT molecular complexity index is 546. The average molecular weight is 309 g/mol. The van der Waals surface area contributed by atoms with Crippen molar-refractivity contribution in [3.05, 3.63) is 40.9 Å². The Hall–Kier alpha value is -1.75. The summed E-state index contributed by atoms with van der Waals surface area (Å²) in [7, 11) is 0. The quantitative estimate of drug-likeness (QED) is 0.937. The van der Waals surface area contributed by atoms with Crippen LogP contribution in [0.2, 0.25) is 0 Å². The summed E-state index contributed by atoms with van der Waals surface area (Å²) in [6, 6.07) is 11.0. The molecule has 0 aliphatic rings. The van der Waals surface area contributed by atoms with E-state index in [1.54, 1.807) is 12.1 Å². The van der Waals surface area contributed by atoms with Crippen molar-refractivity contribution in [1.29, 1.82) is 0 Å². The van der Waals surface area contributed by atoms with E-state index in [-0.39, 0.29) is 0 Å². The molecule has 1 heterocycles. The minimum Gasteiger partial charge on any atom is -0.476 e. The third-order valence-electron chi connectivity index (χ3n) is 2.20. The molecule has 1 aromatic carbocycles. The first-order chi connectivity index (χ1) is 8.70. The summed E-state index contributed by atoms with van der Waals surface area (Å²) in [5, 5.41) is 0. The molecular weight excluding hydrogens is 296 g/mol. The van der Waals surface area contributed by atoms with Crippen LogP contribution in [-0.4, -0.2) is 11.6 Å². The lowest BCUT2D eigenvalue weighted by Gasteiger charge is -2.09. The highest BCUT2D eigenvalue weighted by Gasteiger charge is 2.07. The number of anilines is 1. The van der Waals surface area contributed by atoms with Gasteiger partial charge in [0.05, 0.1) is 16.8 Å². The van der Waals surface area contributed by atoms with Crippen molar-refractivity contribution in [2.24, 2.45) is 0 Å². The van der Waals surface area contributed by atoms with Gasteiger partial charge in [0.25, 0.3) is 0 Å². The second-order valence-corrected chi connectivity index (χ2v) is 4.36. The Morgan fingerprint density at radius 2 is 2.00 bits per heavy atom. The highest BCUT2D eigenvalue weighted by Crippen LogP contribution is 2.30. The van der Waals surface area contributed by atoms with Crippen LogP contribution in [0.3, 0.4) is 0 Å². The predicted octanol–water partition coefficient (Wildman–Crippen LogP) is 3.62. The maximum atomic E-state index is 5.75. The number of aromatic nitrogens is 1.